The fraction of sp³-hybridized carbons (Fsp3) is 0.136. The number of rotatable bonds is 6. The van der Waals surface area contributed by atoms with Crippen LogP contribution in [0.5, 0.6) is 5.75 Å². The summed E-state index contributed by atoms with van der Waals surface area (Å²) in [4.78, 5) is 4.52. The van der Waals surface area contributed by atoms with E-state index in [2.05, 4.69) is 4.99 Å². The van der Waals surface area contributed by atoms with Crippen LogP contribution in [0.4, 0.5) is 4.39 Å². The molecule has 0 saturated heterocycles. The second kappa shape index (κ2) is 8.25. The Morgan fingerprint density at radius 2 is 1.76 bits per heavy atom. The number of ether oxygens (including phenoxy) is 1. The van der Waals surface area contributed by atoms with Gasteiger partial charge in [0, 0.05) is 6.21 Å². The summed E-state index contributed by atoms with van der Waals surface area (Å²) in [5.74, 6) is 0.557. The van der Waals surface area contributed by atoms with E-state index in [1.807, 2.05) is 67.6 Å². The normalized spacial score (nSPS) is 12.2. The summed E-state index contributed by atoms with van der Waals surface area (Å²) in [5, 5.41) is 0. The highest BCUT2D eigenvalue weighted by molar-refractivity contribution is 5.80. The number of benzene rings is 3. The Labute approximate surface area is 147 Å². The fourth-order valence-corrected chi connectivity index (χ4v) is 2.48. The maximum absolute atomic E-state index is 13.3. The summed E-state index contributed by atoms with van der Waals surface area (Å²) in [7, 11) is 0. The van der Waals surface area contributed by atoms with Crippen molar-refractivity contribution in [3.05, 3.63) is 101 Å². The highest BCUT2D eigenvalue weighted by Gasteiger charge is 2.03. The third-order valence-corrected chi connectivity index (χ3v) is 3.88. The lowest BCUT2D eigenvalue weighted by atomic mass is 10.1. The molecular formula is C22H20FNO. The maximum Gasteiger partial charge on any atom is 0.123 e. The van der Waals surface area contributed by atoms with Crippen molar-refractivity contribution < 1.29 is 9.13 Å². The Bertz CT molecular complexity index is 845. The first-order chi connectivity index (χ1) is 12.2. The lowest BCUT2D eigenvalue weighted by Crippen LogP contribution is -1.96. The van der Waals surface area contributed by atoms with E-state index in [0.717, 1.165) is 22.4 Å². The molecular weight excluding hydrogens is 313 g/mol. The predicted octanol–water partition coefficient (Wildman–Crippen LogP) is 5.58. The zero-order chi connectivity index (χ0) is 17.5. The predicted molar refractivity (Wildman–Crippen MR) is 99.6 cm³/mol. The Morgan fingerprint density at radius 1 is 0.960 bits per heavy atom. The zero-order valence-electron chi connectivity index (χ0n) is 14.1. The van der Waals surface area contributed by atoms with Gasteiger partial charge >= 0.3 is 0 Å². The van der Waals surface area contributed by atoms with Gasteiger partial charge in [0.2, 0.25) is 0 Å². The molecule has 1 unspecified atom stereocenters. The largest absolute Gasteiger partial charge is 0.489 e. The lowest BCUT2D eigenvalue weighted by molar-refractivity contribution is 0.306. The molecule has 0 N–H and O–H groups in total. The molecule has 3 aromatic carbocycles. The molecule has 0 aliphatic carbocycles. The van der Waals surface area contributed by atoms with Crippen LogP contribution in [0.15, 0.2) is 83.9 Å². The highest BCUT2D eigenvalue weighted by atomic mass is 19.1. The second-order valence-corrected chi connectivity index (χ2v) is 5.86. The number of nitrogens with zero attached hydrogens (tertiary/aromatic N) is 1. The van der Waals surface area contributed by atoms with Crippen LogP contribution in [-0.2, 0) is 6.61 Å². The Kier molecular flexibility index (Phi) is 5.57. The van der Waals surface area contributed by atoms with E-state index in [-0.39, 0.29) is 11.9 Å². The fourth-order valence-electron chi connectivity index (χ4n) is 2.48. The van der Waals surface area contributed by atoms with Crippen LogP contribution in [0.2, 0.25) is 0 Å². The molecule has 0 aliphatic rings. The molecule has 25 heavy (non-hydrogen) atoms. The molecule has 3 aromatic rings. The minimum absolute atomic E-state index is 0.107. The molecule has 0 aliphatic heterocycles. The summed E-state index contributed by atoms with van der Waals surface area (Å²) in [6.45, 7) is 2.47. The average Bonchev–Trinajstić information content (AvgIpc) is 2.66. The first kappa shape index (κ1) is 16.9. The van der Waals surface area contributed by atoms with E-state index in [1.54, 1.807) is 12.3 Å². The molecule has 0 heterocycles. The SMILES string of the molecule is CC(/N=C/c1cccc(OCc2ccccc2)c1)c1cccc(F)c1. The average molecular weight is 333 g/mol. The van der Waals surface area contributed by atoms with Crippen molar-refractivity contribution in [2.75, 3.05) is 0 Å². The maximum atomic E-state index is 13.3. The van der Waals surface area contributed by atoms with Gasteiger partial charge in [0.15, 0.2) is 0 Å². The molecule has 3 rings (SSSR count). The summed E-state index contributed by atoms with van der Waals surface area (Å²) in [5.41, 5.74) is 2.93. The molecule has 0 bridgehead atoms. The van der Waals surface area contributed by atoms with Crippen molar-refractivity contribution >= 4 is 6.21 Å². The molecule has 3 heteroatoms. The van der Waals surface area contributed by atoms with Gasteiger partial charge in [0.1, 0.15) is 18.2 Å². The van der Waals surface area contributed by atoms with Crippen molar-refractivity contribution in [3.63, 3.8) is 0 Å². The van der Waals surface area contributed by atoms with Gasteiger partial charge in [0.25, 0.3) is 0 Å². The second-order valence-electron chi connectivity index (χ2n) is 5.86. The number of hydrogen-bond donors (Lipinski definition) is 0. The van der Waals surface area contributed by atoms with Crippen molar-refractivity contribution in [1.82, 2.24) is 0 Å². The Balaban J connectivity index is 1.65. The minimum Gasteiger partial charge on any atom is -0.489 e. The van der Waals surface area contributed by atoms with Crippen molar-refractivity contribution in [3.8, 4) is 5.75 Å². The standard InChI is InChI=1S/C22H20FNO/c1-17(20-10-6-11-21(23)14-20)24-15-19-9-5-12-22(13-19)25-16-18-7-3-2-4-8-18/h2-15,17H,16H2,1H3/b24-15+. The van der Waals surface area contributed by atoms with E-state index in [4.69, 9.17) is 4.74 Å². The molecule has 0 radical (unpaired) electrons. The van der Waals surface area contributed by atoms with Gasteiger partial charge in [-0.25, -0.2) is 4.39 Å². The quantitative estimate of drug-likeness (QED) is 0.539. The summed E-state index contributed by atoms with van der Waals surface area (Å²) in [6.07, 6.45) is 1.80. The third-order valence-electron chi connectivity index (χ3n) is 3.88. The smallest absolute Gasteiger partial charge is 0.123 e. The van der Waals surface area contributed by atoms with Gasteiger partial charge in [-0.05, 0) is 47.9 Å². The van der Waals surface area contributed by atoms with Gasteiger partial charge < -0.3 is 4.74 Å². The van der Waals surface area contributed by atoms with Crippen LogP contribution < -0.4 is 4.74 Å². The van der Waals surface area contributed by atoms with Gasteiger partial charge in [-0.2, -0.15) is 0 Å². The molecule has 0 aromatic heterocycles. The Morgan fingerprint density at radius 3 is 2.56 bits per heavy atom. The van der Waals surface area contributed by atoms with Crippen molar-refractivity contribution in [2.45, 2.75) is 19.6 Å². The summed E-state index contributed by atoms with van der Waals surface area (Å²) < 4.78 is 19.1. The lowest BCUT2D eigenvalue weighted by Gasteiger charge is -2.08. The Hall–Kier alpha value is -2.94. The van der Waals surface area contributed by atoms with Crippen LogP contribution in [0.25, 0.3) is 0 Å². The molecule has 1 atom stereocenters. The van der Waals surface area contributed by atoms with Crippen molar-refractivity contribution in [1.29, 1.82) is 0 Å². The first-order valence-corrected chi connectivity index (χ1v) is 8.26. The van der Waals surface area contributed by atoms with Crippen LogP contribution >= 0.6 is 0 Å². The molecule has 0 saturated carbocycles. The van der Waals surface area contributed by atoms with E-state index in [1.165, 1.54) is 12.1 Å². The molecule has 0 spiro atoms. The molecule has 0 fully saturated rings. The van der Waals surface area contributed by atoms with Crippen LogP contribution in [0, 0.1) is 5.82 Å². The van der Waals surface area contributed by atoms with Crippen molar-refractivity contribution in [2.24, 2.45) is 4.99 Å². The number of aliphatic imine (C=N–C) groups is 1. The molecule has 2 nitrogen and oxygen atoms in total. The first-order valence-electron chi connectivity index (χ1n) is 8.26. The van der Waals surface area contributed by atoms with E-state index >= 15 is 0 Å². The summed E-state index contributed by atoms with van der Waals surface area (Å²) in [6, 6.07) is 24.3. The topological polar surface area (TPSA) is 21.6 Å². The van der Waals surface area contributed by atoms with E-state index in [0.29, 0.717) is 6.61 Å². The van der Waals surface area contributed by atoms with E-state index < -0.39 is 0 Å². The van der Waals surface area contributed by atoms with Crippen LogP contribution in [0.1, 0.15) is 29.7 Å². The minimum atomic E-state index is -0.240. The summed E-state index contributed by atoms with van der Waals surface area (Å²) >= 11 is 0. The molecule has 126 valence electrons. The van der Waals surface area contributed by atoms with Gasteiger partial charge in [-0.15, -0.1) is 0 Å². The number of halogens is 1. The number of hydrogen-bond acceptors (Lipinski definition) is 2. The van der Waals surface area contributed by atoms with Gasteiger partial charge in [0.05, 0.1) is 6.04 Å². The third kappa shape index (κ3) is 5.01. The van der Waals surface area contributed by atoms with Gasteiger partial charge in [-0.1, -0.05) is 54.6 Å². The van der Waals surface area contributed by atoms with Gasteiger partial charge in [-0.3, -0.25) is 4.99 Å². The highest BCUT2D eigenvalue weighted by Crippen LogP contribution is 2.19. The monoisotopic (exact) mass is 333 g/mol. The van der Waals surface area contributed by atoms with E-state index in [9.17, 15) is 4.39 Å². The van der Waals surface area contributed by atoms with Crippen LogP contribution in [-0.4, -0.2) is 6.21 Å². The molecule has 0 amide bonds. The zero-order valence-corrected chi connectivity index (χ0v) is 14.1. The van der Waals surface area contributed by atoms with Crippen LogP contribution in [0.3, 0.4) is 0 Å².